The molecule has 0 aliphatic rings. The van der Waals surface area contributed by atoms with Crippen molar-refractivity contribution in [1.29, 1.82) is 0 Å². The maximum Gasteiger partial charge on any atom is 0.284 e. The monoisotopic (exact) mass is 389 g/mol. The van der Waals surface area contributed by atoms with Crippen molar-refractivity contribution in [1.82, 2.24) is 4.98 Å². The number of nitrogens with one attached hydrogen (secondary N) is 1. The first-order valence-corrected chi connectivity index (χ1v) is 7.58. The van der Waals surface area contributed by atoms with E-state index in [2.05, 4.69) is 25.6 Å². The van der Waals surface area contributed by atoms with Gasteiger partial charge in [-0.1, -0.05) is 23.7 Å². The Morgan fingerprint density at radius 2 is 2.19 bits per heavy atom. The van der Waals surface area contributed by atoms with E-state index in [1.54, 1.807) is 24.3 Å². The fraction of sp³-hybridized carbons (Fsp3) is 0.0833. The van der Waals surface area contributed by atoms with E-state index in [4.69, 9.17) is 16.3 Å². The molecule has 0 unspecified atom stereocenters. The summed E-state index contributed by atoms with van der Waals surface area (Å²) >= 11 is 10.2. The number of benzene rings is 1. The Kier molecular flexibility index (Phi) is 5.27. The minimum atomic E-state index is -0.441. The first kappa shape index (κ1) is 15.9. The summed E-state index contributed by atoms with van der Waals surface area (Å²) in [6.45, 7) is 0. The van der Waals surface area contributed by atoms with Gasteiger partial charge in [0.15, 0.2) is 11.6 Å². The highest BCUT2D eigenvalue weighted by Crippen LogP contribution is 2.35. The van der Waals surface area contributed by atoms with Gasteiger partial charge >= 0.3 is 0 Å². The van der Waals surface area contributed by atoms with Crippen molar-refractivity contribution in [2.75, 3.05) is 11.8 Å². The van der Waals surface area contributed by atoms with Crippen molar-refractivity contribution < 1.29 is 9.66 Å². The van der Waals surface area contributed by atoms with Crippen molar-refractivity contribution >= 4 is 51.0 Å². The third kappa shape index (κ3) is 3.78. The van der Waals surface area contributed by atoms with Gasteiger partial charge in [-0.05, 0) is 33.9 Å². The largest absolute Gasteiger partial charge is 0.493 e. The molecule has 1 heterocycles. The Bertz CT molecular complexity index is 687. The number of nitro benzene ring substituents is 1. The number of pyridine rings is 1. The van der Waals surface area contributed by atoms with Gasteiger partial charge in [0.1, 0.15) is 10.0 Å². The quantitative estimate of drug-likeness (QED) is 0.350. The van der Waals surface area contributed by atoms with Crippen molar-refractivity contribution in [3.63, 3.8) is 0 Å². The van der Waals surface area contributed by atoms with E-state index in [-0.39, 0.29) is 10.8 Å². The van der Waals surface area contributed by atoms with E-state index in [1.807, 2.05) is 0 Å². The summed E-state index contributed by atoms with van der Waals surface area (Å²) in [4.78, 5) is 15.1. The van der Waals surface area contributed by atoms with Gasteiger partial charge in [-0.25, -0.2) is 4.98 Å². The van der Waals surface area contributed by atoms with Gasteiger partial charge in [0, 0.05) is 12.1 Å². The lowest BCUT2D eigenvalue weighted by atomic mass is 10.3. The maximum absolute atomic E-state index is 11.0. The van der Waals surface area contributed by atoms with Crippen LogP contribution >= 0.6 is 39.5 Å². The minimum Gasteiger partial charge on any atom is -0.493 e. The minimum absolute atomic E-state index is 0.0113. The molecule has 0 amide bonds. The van der Waals surface area contributed by atoms with Gasteiger partial charge in [-0.15, -0.1) is 0 Å². The molecule has 1 aromatic heterocycles. The molecular weight excluding hydrogens is 382 g/mol. The molecule has 2 aromatic rings. The van der Waals surface area contributed by atoms with Gasteiger partial charge in [-0.3, -0.25) is 10.1 Å². The zero-order valence-corrected chi connectivity index (χ0v) is 13.8. The number of anilines is 1. The van der Waals surface area contributed by atoms with Gasteiger partial charge < -0.3 is 9.46 Å². The van der Waals surface area contributed by atoms with E-state index in [9.17, 15) is 10.1 Å². The molecule has 1 N–H and O–H groups in total. The molecule has 0 atom stereocenters. The van der Waals surface area contributed by atoms with Crippen molar-refractivity contribution in [2.45, 2.75) is 4.90 Å². The number of nitro groups is 1. The third-order valence-corrected chi connectivity index (χ3v) is 4.42. The molecule has 0 aliphatic heterocycles. The fourth-order valence-electron chi connectivity index (χ4n) is 1.48. The molecule has 1 aromatic carbocycles. The second-order valence-corrected chi connectivity index (χ2v) is 5.80. The normalized spacial score (nSPS) is 10.2. The predicted molar refractivity (Wildman–Crippen MR) is 86.1 cm³/mol. The summed E-state index contributed by atoms with van der Waals surface area (Å²) in [5.74, 6) is 0.853. The lowest BCUT2D eigenvalue weighted by molar-refractivity contribution is -0.387. The molecule has 6 nitrogen and oxygen atoms in total. The van der Waals surface area contributed by atoms with Crippen LogP contribution in [0.2, 0.25) is 5.15 Å². The molecule has 9 heteroatoms. The average molecular weight is 391 g/mol. The predicted octanol–water partition coefficient (Wildman–Crippen LogP) is 4.53. The van der Waals surface area contributed by atoms with Crippen LogP contribution in [0.5, 0.6) is 5.75 Å². The van der Waals surface area contributed by atoms with E-state index < -0.39 is 4.92 Å². The Morgan fingerprint density at radius 1 is 1.48 bits per heavy atom. The molecule has 0 fully saturated rings. The molecule has 0 bridgehead atoms. The highest BCUT2D eigenvalue weighted by molar-refractivity contribution is 9.10. The Labute approximate surface area is 138 Å². The number of aromatic nitrogens is 1. The Morgan fingerprint density at radius 3 is 2.86 bits per heavy atom. The van der Waals surface area contributed by atoms with Crippen molar-refractivity contribution in [2.24, 2.45) is 0 Å². The molecule has 110 valence electrons. The zero-order valence-electron chi connectivity index (χ0n) is 10.7. The molecular formula is C12H9BrClN3O3S. The number of para-hydroxylation sites is 1. The molecule has 21 heavy (non-hydrogen) atoms. The number of nitrogens with zero attached hydrogens (tertiary/aromatic N) is 2. The summed E-state index contributed by atoms with van der Waals surface area (Å²) in [5, 5.41) is 11.2. The number of hydrogen-bond acceptors (Lipinski definition) is 6. The lowest BCUT2D eigenvalue weighted by Gasteiger charge is -2.10. The third-order valence-electron chi connectivity index (χ3n) is 2.44. The fourth-order valence-corrected chi connectivity index (χ4v) is 2.66. The van der Waals surface area contributed by atoms with Gasteiger partial charge in [0.25, 0.3) is 5.69 Å². The first-order chi connectivity index (χ1) is 10.0. The Balaban J connectivity index is 2.25. The smallest absolute Gasteiger partial charge is 0.284 e. The van der Waals surface area contributed by atoms with Crippen LogP contribution < -0.4 is 9.46 Å². The topological polar surface area (TPSA) is 77.3 Å². The van der Waals surface area contributed by atoms with Gasteiger partial charge in [0.05, 0.1) is 16.5 Å². The standard InChI is InChI=1S/C12H9BrClN3O3S/c1-20-9-6-7(13)11(14)15-12(9)16-21-10-5-3-2-4-8(10)17(18)19/h2-6H,1H3,(H,15,16). The number of methoxy groups -OCH3 is 1. The van der Waals surface area contributed by atoms with Crippen LogP contribution in [0.3, 0.4) is 0 Å². The van der Waals surface area contributed by atoms with Crippen LogP contribution in [-0.4, -0.2) is 17.0 Å². The van der Waals surface area contributed by atoms with E-state index in [1.165, 1.54) is 13.2 Å². The zero-order chi connectivity index (χ0) is 15.4. The SMILES string of the molecule is COc1cc(Br)c(Cl)nc1NSc1ccccc1[N+](=O)[O-]. The lowest BCUT2D eigenvalue weighted by Crippen LogP contribution is -1.98. The number of ether oxygens (including phenoxy) is 1. The molecule has 0 radical (unpaired) electrons. The average Bonchev–Trinajstić information content (AvgIpc) is 2.48. The van der Waals surface area contributed by atoms with Gasteiger partial charge in [0.2, 0.25) is 0 Å². The maximum atomic E-state index is 11.0. The van der Waals surface area contributed by atoms with Gasteiger partial charge in [-0.2, -0.15) is 0 Å². The highest BCUT2D eigenvalue weighted by Gasteiger charge is 2.15. The van der Waals surface area contributed by atoms with E-state index in [0.717, 1.165) is 11.9 Å². The summed E-state index contributed by atoms with van der Waals surface area (Å²) in [6, 6.07) is 8.07. The molecule has 0 saturated heterocycles. The highest BCUT2D eigenvalue weighted by atomic mass is 79.9. The van der Waals surface area contributed by atoms with Crippen molar-refractivity contribution in [3.8, 4) is 5.75 Å². The van der Waals surface area contributed by atoms with Crippen LogP contribution in [-0.2, 0) is 0 Å². The number of rotatable bonds is 5. The van der Waals surface area contributed by atoms with Crippen LogP contribution in [0.25, 0.3) is 0 Å². The summed E-state index contributed by atoms with van der Waals surface area (Å²) in [5.41, 5.74) is 0.0113. The molecule has 0 aliphatic carbocycles. The summed E-state index contributed by atoms with van der Waals surface area (Å²) < 4.78 is 8.70. The molecule has 0 spiro atoms. The van der Waals surface area contributed by atoms with Crippen LogP contribution in [0.1, 0.15) is 0 Å². The Hall–Kier alpha value is -1.51. The van der Waals surface area contributed by atoms with Crippen LogP contribution in [0, 0.1) is 10.1 Å². The molecule has 2 rings (SSSR count). The van der Waals surface area contributed by atoms with Crippen molar-refractivity contribution in [3.05, 3.63) is 50.1 Å². The first-order valence-electron chi connectivity index (χ1n) is 5.59. The summed E-state index contributed by atoms with van der Waals surface area (Å²) in [6.07, 6.45) is 0. The second-order valence-electron chi connectivity index (χ2n) is 3.74. The summed E-state index contributed by atoms with van der Waals surface area (Å²) in [7, 11) is 1.50. The van der Waals surface area contributed by atoms with Crippen LogP contribution in [0.4, 0.5) is 11.5 Å². The number of halogens is 2. The van der Waals surface area contributed by atoms with E-state index >= 15 is 0 Å². The second kappa shape index (κ2) is 6.97. The van der Waals surface area contributed by atoms with Crippen LogP contribution in [0.15, 0.2) is 39.7 Å². The van der Waals surface area contributed by atoms with E-state index in [0.29, 0.717) is 20.9 Å². The molecule has 0 saturated carbocycles. The number of hydrogen-bond donors (Lipinski definition) is 1.